The fraction of sp³-hybridized carbons (Fsp3) is 0.562. The van der Waals surface area contributed by atoms with Crippen molar-refractivity contribution < 1.29 is 0 Å². The molecule has 0 saturated carbocycles. The van der Waals surface area contributed by atoms with Crippen LogP contribution in [-0.4, -0.2) is 22.4 Å². The summed E-state index contributed by atoms with van der Waals surface area (Å²) in [4.78, 5) is 0. The molecule has 1 N–H and O–H groups in total. The number of thiophene rings is 1. The second-order valence-electron chi connectivity index (χ2n) is 5.46. The van der Waals surface area contributed by atoms with Gasteiger partial charge in [0, 0.05) is 18.8 Å². The number of nitrogens with zero attached hydrogens (tertiary/aromatic N) is 2. The van der Waals surface area contributed by atoms with Crippen molar-refractivity contribution in [2.24, 2.45) is 7.05 Å². The number of hydrogen-bond acceptors (Lipinski definition) is 3. The molecule has 0 radical (unpaired) electrons. The highest BCUT2D eigenvalue weighted by molar-refractivity contribution is 7.07. The highest BCUT2D eigenvalue weighted by Gasteiger charge is 2.16. The van der Waals surface area contributed by atoms with Gasteiger partial charge in [0.2, 0.25) is 0 Å². The van der Waals surface area contributed by atoms with E-state index in [-0.39, 0.29) is 0 Å². The Balaban J connectivity index is 2.10. The lowest BCUT2D eigenvalue weighted by Crippen LogP contribution is -2.34. The molecule has 0 bridgehead atoms. The fourth-order valence-electron chi connectivity index (χ4n) is 2.62. The Morgan fingerprint density at radius 3 is 2.70 bits per heavy atom. The molecule has 2 aromatic rings. The van der Waals surface area contributed by atoms with Gasteiger partial charge in [-0.15, -0.1) is 0 Å². The molecule has 3 nitrogen and oxygen atoms in total. The van der Waals surface area contributed by atoms with Crippen molar-refractivity contribution in [3.05, 3.63) is 39.3 Å². The van der Waals surface area contributed by atoms with Crippen molar-refractivity contribution in [3.63, 3.8) is 0 Å². The second kappa shape index (κ2) is 7.04. The third kappa shape index (κ3) is 3.70. The minimum atomic E-state index is 0.492. The lowest BCUT2D eigenvalue weighted by atomic mass is 9.99. The number of aromatic nitrogens is 2. The molecule has 1 unspecified atom stereocenters. The van der Waals surface area contributed by atoms with Crippen LogP contribution in [0.2, 0.25) is 0 Å². The van der Waals surface area contributed by atoms with Crippen LogP contribution in [0.5, 0.6) is 0 Å². The molecule has 0 aliphatic heterocycles. The van der Waals surface area contributed by atoms with Crippen LogP contribution in [-0.2, 0) is 19.9 Å². The first-order valence-corrected chi connectivity index (χ1v) is 8.29. The molecule has 2 rings (SSSR count). The lowest BCUT2D eigenvalue weighted by Gasteiger charge is -2.18. The summed E-state index contributed by atoms with van der Waals surface area (Å²) in [5.41, 5.74) is 5.29. The van der Waals surface area contributed by atoms with Crippen LogP contribution < -0.4 is 5.32 Å². The normalized spacial score (nSPS) is 12.8. The molecule has 4 heteroatoms. The Labute approximate surface area is 126 Å². The van der Waals surface area contributed by atoms with E-state index in [0.29, 0.717) is 6.04 Å². The maximum absolute atomic E-state index is 4.53. The first kappa shape index (κ1) is 15.3. The predicted octanol–water partition coefficient (Wildman–Crippen LogP) is 3.25. The van der Waals surface area contributed by atoms with E-state index >= 15 is 0 Å². The van der Waals surface area contributed by atoms with Crippen molar-refractivity contribution in [2.75, 3.05) is 6.54 Å². The first-order valence-electron chi connectivity index (χ1n) is 7.35. The monoisotopic (exact) mass is 291 g/mol. The van der Waals surface area contributed by atoms with E-state index in [4.69, 9.17) is 0 Å². The zero-order valence-corrected chi connectivity index (χ0v) is 13.8. The molecule has 20 heavy (non-hydrogen) atoms. The van der Waals surface area contributed by atoms with Gasteiger partial charge in [-0.1, -0.05) is 6.92 Å². The van der Waals surface area contributed by atoms with E-state index < -0.39 is 0 Å². The topological polar surface area (TPSA) is 29.9 Å². The summed E-state index contributed by atoms with van der Waals surface area (Å²) in [5, 5.41) is 12.6. The minimum absolute atomic E-state index is 0.492. The van der Waals surface area contributed by atoms with Gasteiger partial charge in [-0.3, -0.25) is 4.68 Å². The van der Waals surface area contributed by atoms with E-state index in [0.717, 1.165) is 19.4 Å². The number of nitrogens with one attached hydrogen (secondary N) is 1. The zero-order chi connectivity index (χ0) is 14.5. The average Bonchev–Trinajstić information content (AvgIpc) is 3.00. The van der Waals surface area contributed by atoms with E-state index in [9.17, 15) is 0 Å². The summed E-state index contributed by atoms with van der Waals surface area (Å²) >= 11 is 1.78. The van der Waals surface area contributed by atoms with Crippen molar-refractivity contribution in [2.45, 2.75) is 46.1 Å². The van der Waals surface area contributed by atoms with Crippen LogP contribution >= 0.6 is 11.3 Å². The Hall–Kier alpha value is -1.13. The Kier molecular flexibility index (Phi) is 5.38. The molecule has 0 amide bonds. The van der Waals surface area contributed by atoms with E-state index in [1.54, 1.807) is 11.3 Å². The maximum atomic E-state index is 4.53. The second-order valence-corrected chi connectivity index (χ2v) is 6.24. The van der Waals surface area contributed by atoms with E-state index in [1.807, 2.05) is 11.7 Å². The van der Waals surface area contributed by atoms with Gasteiger partial charge >= 0.3 is 0 Å². The molecule has 0 aromatic carbocycles. The summed E-state index contributed by atoms with van der Waals surface area (Å²) in [6.45, 7) is 7.57. The van der Waals surface area contributed by atoms with Crippen LogP contribution in [0.3, 0.4) is 0 Å². The molecule has 2 aromatic heterocycles. The Morgan fingerprint density at radius 1 is 1.35 bits per heavy atom. The summed E-state index contributed by atoms with van der Waals surface area (Å²) < 4.78 is 1.99. The van der Waals surface area contributed by atoms with Crippen LogP contribution in [0, 0.1) is 13.8 Å². The zero-order valence-electron chi connectivity index (χ0n) is 12.9. The van der Waals surface area contributed by atoms with Gasteiger partial charge in [0.05, 0.1) is 5.69 Å². The van der Waals surface area contributed by atoms with Crippen LogP contribution in [0.15, 0.2) is 16.8 Å². The number of aryl methyl sites for hydroxylation is 2. The smallest absolute Gasteiger partial charge is 0.0628 e. The Morgan fingerprint density at radius 2 is 2.15 bits per heavy atom. The van der Waals surface area contributed by atoms with Crippen molar-refractivity contribution in [1.29, 1.82) is 0 Å². The molecule has 0 saturated heterocycles. The van der Waals surface area contributed by atoms with Gasteiger partial charge in [-0.2, -0.15) is 16.4 Å². The molecular formula is C16H25N3S. The summed E-state index contributed by atoms with van der Waals surface area (Å²) in [6.07, 6.45) is 3.32. The predicted molar refractivity (Wildman–Crippen MR) is 86.5 cm³/mol. The molecule has 0 spiro atoms. The minimum Gasteiger partial charge on any atom is -0.313 e. The standard InChI is InChI=1S/C16H25N3S/c1-5-7-17-15(9-14-6-8-20-11-14)10-16-12(2)18-19(4)13(16)3/h6,8,11,15,17H,5,7,9-10H2,1-4H3. The maximum Gasteiger partial charge on any atom is 0.0628 e. The molecule has 0 fully saturated rings. The summed E-state index contributed by atoms with van der Waals surface area (Å²) in [6, 6.07) is 2.72. The highest BCUT2D eigenvalue weighted by Crippen LogP contribution is 2.17. The molecule has 1 atom stereocenters. The highest BCUT2D eigenvalue weighted by atomic mass is 32.1. The first-order chi connectivity index (χ1) is 9.61. The van der Waals surface area contributed by atoms with Gasteiger partial charge < -0.3 is 5.32 Å². The van der Waals surface area contributed by atoms with Crippen molar-refractivity contribution in [1.82, 2.24) is 15.1 Å². The van der Waals surface area contributed by atoms with Gasteiger partial charge in [-0.25, -0.2) is 0 Å². The van der Waals surface area contributed by atoms with Gasteiger partial charge in [0.15, 0.2) is 0 Å². The number of rotatable bonds is 7. The Bertz CT molecular complexity index is 528. The number of hydrogen-bond donors (Lipinski definition) is 1. The molecular weight excluding hydrogens is 266 g/mol. The van der Waals surface area contributed by atoms with Crippen molar-refractivity contribution in [3.8, 4) is 0 Å². The van der Waals surface area contributed by atoms with Crippen LogP contribution in [0.1, 0.15) is 35.9 Å². The molecule has 2 heterocycles. The quantitative estimate of drug-likeness (QED) is 0.848. The van der Waals surface area contributed by atoms with Crippen LogP contribution in [0.4, 0.5) is 0 Å². The van der Waals surface area contributed by atoms with Gasteiger partial charge in [0.1, 0.15) is 0 Å². The summed E-state index contributed by atoms with van der Waals surface area (Å²) in [5.74, 6) is 0. The van der Waals surface area contributed by atoms with Crippen molar-refractivity contribution >= 4 is 11.3 Å². The van der Waals surface area contributed by atoms with E-state index in [1.165, 1.54) is 28.9 Å². The van der Waals surface area contributed by atoms with Gasteiger partial charge in [0.25, 0.3) is 0 Å². The van der Waals surface area contributed by atoms with Gasteiger partial charge in [-0.05, 0) is 67.6 Å². The third-order valence-electron chi connectivity index (χ3n) is 3.85. The third-order valence-corrected chi connectivity index (χ3v) is 4.59. The average molecular weight is 291 g/mol. The largest absolute Gasteiger partial charge is 0.313 e. The van der Waals surface area contributed by atoms with Crippen LogP contribution in [0.25, 0.3) is 0 Å². The molecule has 110 valence electrons. The van der Waals surface area contributed by atoms with E-state index in [2.05, 4.69) is 48.0 Å². The molecule has 0 aliphatic carbocycles. The SMILES string of the molecule is CCCNC(Cc1ccsc1)Cc1c(C)nn(C)c1C. The fourth-order valence-corrected chi connectivity index (χ4v) is 3.30. The molecule has 0 aliphatic rings. The summed E-state index contributed by atoms with van der Waals surface area (Å²) in [7, 11) is 2.03. The lowest BCUT2D eigenvalue weighted by molar-refractivity contribution is 0.503.